The maximum Gasteiger partial charge on any atom is 0.180 e. The summed E-state index contributed by atoms with van der Waals surface area (Å²) in [5, 5.41) is 6.04. The van der Waals surface area contributed by atoms with Crippen LogP contribution in [0.2, 0.25) is 0 Å². The van der Waals surface area contributed by atoms with Crippen LogP contribution in [0.25, 0.3) is 43.4 Å². The van der Waals surface area contributed by atoms with E-state index in [-0.39, 0.29) is 0 Å². The lowest BCUT2D eigenvalue weighted by atomic mass is 10.1. The van der Waals surface area contributed by atoms with Gasteiger partial charge in [0.1, 0.15) is 28.3 Å². The van der Waals surface area contributed by atoms with E-state index in [4.69, 9.17) is 19.4 Å². The molecule has 2 aromatic heterocycles. The quantitative estimate of drug-likeness (QED) is 0.244. The van der Waals surface area contributed by atoms with Gasteiger partial charge in [-0.3, -0.25) is 9.97 Å². The van der Waals surface area contributed by atoms with Gasteiger partial charge in [0.05, 0.1) is 0 Å². The molecule has 0 radical (unpaired) electrons. The Bertz CT molecular complexity index is 1710. The number of pyridine rings is 2. The van der Waals surface area contributed by atoms with Gasteiger partial charge in [-0.2, -0.15) is 0 Å². The van der Waals surface area contributed by atoms with Gasteiger partial charge in [0, 0.05) is 33.9 Å². The molecule has 0 saturated heterocycles. The predicted octanol–water partition coefficient (Wildman–Crippen LogP) is 8.67. The highest BCUT2D eigenvalue weighted by Crippen LogP contribution is 2.45. The number of hydrogen-bond donors (Lipinski definition) is 0. The molecule has 0 atom stereocenters. The smallest absolute Gasteiger partial charge is 0.180 e. The highest BCUT2D eigenvalue weighted by Gasteiger charge is 2.20. The SMILES string of the molecule is c1ccc2c(Oc3c4cccnc4c(Oc4cccc5ccccc45)c4ncccc34)cccc2c1. The zero-order valence-electron chi connectivity index (χ0n) is 19.3. The molecule has 0 fully saturated rings. The Morgan fingerprint density at radius 3 is 1.39 bits per heavy atom. The topological polar surface area (TPSA) is 44.2 Å². The lowest BCUT2D eigenvalue weighted by Gasteiger charge is -2.17. The molecular formula is C32H20N2O2. The van der Waals surface area contributed by atoms with Crippen molar-refractivity contribution in [1.82, 2.24) is 9.97 Å². The number of ether oxygens (including phenoxy) is 2. The third-order valence-electron chi connectivity index (χ3n) is 6.46. The van der Waals surface area contributed by atoms with Gasteiger partial charge in [-0.25, -0.2) is 0 Å². The Balaban J connectivity index is 1.47. The molecule has 0 amide bonds. The minimum absolute atomic E-state index is 0.614. The minimum atomic E-state index is 0.614. The zero-order valence-corrected chi connectivity index (χ0v) is 19.3. The second-order valence-electron chi connectivity index (χ2n) is 8.62. The fourth-order valence-electron chi connectivity index (χ4n) is 4.79. The van der Waals surface area contributed by atoms with Gasteiger partial charge in [-0.15, -0.1) is 0 Å². The summed E-state index contributed by atoms with van der Waals surface area (Å²) in [5.41, 5.74) is 1.40. The van der Waals surface area contributed by atoms with E-state index in [0.717, 1.165) is 43.8 Å². The summed E-state index contributed by atoms with van der Waals surface area (Å²) < 4.78 is 13.3. The van der Waals surface area contributed by atoms with Gasteiger partial charge >= 0.3 is 0 Å². The number of hydrogen-bond acceptors (Lipinski definition) is 4. The van der Waals surface area contributed by atoms with Crippen LogP contribution in [0.15, 0.2) is 122 Å². The van der Waals surface area contributed by atoms with Crippen LogP contribution in [0.1, 0.15) is 0 Å². The predicted molar refractivity (Wildman–Crippen MR) is 145 cm³/mol. The van der Waals surface area contributed by atoms with Gasteiger partial charge in [0.25, 0.3) is 0 Å². The number of nitrogens with zero attached hydrogens (tertiary/aromatic N) is 2. The van der Waals surface area contributed by atoms with Crippen LogP contribution in [0.3, 0.4) is 0 Å². The molecule has 0 bridgehead atoms. The molecule has 7 aromatic rings. The largest absolute Gasteiger partial charge is 0.455 e. The van der Waals surface area contributed by atoms with E-state index in [1.165, 1.54) is 0 Å². The number of fused-ring (bicyclic) bond motifs is 4. The third kappa shape index (κ3) is 3.31. The maximum atomic E-state index is 6.66. The van der Waals surface area contributed by atoms with Crippen molar-refractivity contribution in [3.63, 3.8) is 0 Å². The van der Waals surface area contributed by atoms with Crippen molar-refractivity contribution in [2.45, 2.75) is 0 Å². The normalized spacial score (nSPS) is 11.3. The summed E-state index contributed by atoms with van der Waals surface area (Å²) in [5.74, 6) is 2.87. The molecular weight excluding hydrogens is 444 g/mol. The molecule has 36 heavy (non-hydrogen) atoms. The summed E-state index contributed by atoms with van der Waals surface area (Å²) in [6.07, 6.45) is 3.55. The molecule has 0 aliphatic carbocycles. The first-order chi connectivity index (χ1) is 17.9. The molecule has 2 heterocycles. The van der Waals surface area contributed by atoms with Crippen LogP contribution in [0.4, 0.5) is 0 Å². The first-order valence-electron chi connectivity index (χ1n) is 11.8. The highest BCUT2D eigenvalue weighted by atomic mass is 16.5. The van der Waals surface area contributed by atoms with E-state index in [1.807, 2.05) is 72.8 Å². The summed E-state index contributed by atoms with van der Waals surface area (Å²) in [4.78, 5) is 9.45. The van der Waals surface area contributed by atoms with Crippen molar-refractivity contribution in [3.05, 3.63) is 122 Å². The van der Waals surface area contributed by atoms with Crippen LogP contribution in [0.5, 0.6) is 23.0 Å². The van der Waals surface area contributed by atoms with Crippen LogP contribution >= 0.6 is 0 Å². The van der Waals surface area contributed by atoms with Crippen LogP contribution in [-0.2, 0) is 0 Å². The van der Waals surface area contributed by atoms with Gasteiger partial charge in [0.15, 0.2) is 5.75 Å². The monoisotopic (exact) mass is 464 g/mol. The van der Waals surface area contributed by atoms with Crippen molar-refractivity contribution >= 4 is 43.4 Å². The van der Waals surface area contributed by atoms with Gasteiger partial charge < -0.3 is 9.47 Å². The number of rotatable bonds is 4. The molecule has 0 aliphatic heterocycles. The van der Waals surface area contributed by atoms with Crippen molar-refractivity contribution in [1.29, 1.82) is 0 Å². The Morgan fingerprint density at radius 2 is 0.833 bits per heavy atom. The average molecular weight is 465 g/mol. The Labute approximate surface area is 207 Å². The van der Waals surface area contributed by atoms with E-state index in [0.29, 0.717) is 22.5 Å². The summed E-state index contributed by atoms with van der Waals surface area (Å²) in [6, 6.07) is 36.4. The molecule has 0 spiro atoms. The van der Waals surface area contributed by atoms with Crippen LogP contribution in [-0.4, -0.2) is 9.97 Å². The van der Waals surface area contributed by atoms with E-state index in [9.17, 15) is 0 Å². The molecule has 0 N–H and O–H groups in total. The summed E-state index contributed by atoms with van der Waals surface area (Å²) in [6.45, 7) is 0. The average Bonchev–Trinajstić information content (AvgIpc) is 2.95. The first-order valence-corrected chi connectivity index (χ1v) is 11.8. The molecule has 0 aliphatic rings. The first kappa shape index (κ1) is 20.4. The van der Waals surface area contributed by atoms with Crippen molar-refractivity contribution in [3.8, 4) is 23.0 Å². The fourth-order valence-corrected chi connectivity index (χ4v) is 4.79. The van der Waals surface area contributed by atoms with E-state index < -0.39 is 0 Å². The van der Waals surface area contributed by atoms with Gasteiger partial charge in [-0.05, 0) is 47.2 Å². The van der Waals surface area contributed by atoms with Crippen LogP contribution in [0, 0.1) is 0 Å². The lowest BCUT2D eigenvalue weighted by molar-refractivity contribution is 0.489. The van der Waals surface area contributed by atoms with E-state index in [1.54, 1.807) is 12.4 Å². The maximum absolute atomic E-state index is 6.66. The van der Waals surface area contributed by atoms with Crippen molar-refractivity contribution in [2.24, 2.45) is 0 Å². The van der Waals surface area contributed by atoms with Crippen molar-refractivity contribution in [2.75, 3.05) is 0 Å². The van der Waals surface area contributed by atoms with E-state index >= 15 is 0 Å². The molecule has 170 valence electrons. The molecule has 4 nitrogen and oxygen atoms in total. The molecule has 5 aromatic carbocycles. The third-order valence-corrected chi connectivity index (χ3v) is 6.46. The fraction of sp³-hybridized carbons (Fsp3) is 0. The highest BCUT2D eigenvalue weighted by molar-refractivity contribution is 6.09. The Kier molecular flexibility index (Phi) is 4.74. The van der Waals surface area contributed by atoms with Gasteiger partial charge in [0.2, 0.25) is 0 Å². The molecule has 4 heteroatoms. The number of aromatic nitrogens is 2. The van der Waals surface area contributed by atoms with E-state index in [2.05, 4.69) is 36.4 Å². The Hall–Kier alpha value is -4.96. The van der Waals surface area contributed by atoms with Crippen LogP contribution < -0.4 is 9.47 Å². The lowest BCUT2D eigenvalue weighted by Crippen LogP contribution is -1.96. The zero-order chi connectivity index (χ0) is 23.9. The molecule has 0 saturated carbocycles. The summed E-state index contributed by atoms with van der Waals surface area (Å²) >= 11 is 0. The Morgan fingerprint density at radius 1 is 0.389 bits per heavy atom. The standard InChI is InChI=1S/C32H20N2O2/c1-3-13-23-21(9-1)11-5-17-27(23)35-31-25-15-7-19-33-29(25)32(30-26(31)16-8-20-34-30)36-28-18-6-12-22-10-2-4-14-24(22)28/h1-20H. The summed E-state index contributed by atoms with van der Waals surface area (Å²) in [7, 11) is 0. The van der Waals surface area contributed by atoms with Gasteiger partial charge in [-0.1, -0.05) is 72.8 Å². The molecule has 0 unspecified atom stereocenters. The number of benzene rings is 5. The second kappa shape index (κ2) is 8.36. The van der Waals surface area contributed by atoms with Crippen molar-refractivity contribution < 1.29 is 9.47 Å². The molecule has 7 rings (SSSR count). The minimum Gasteiger partial charge on any atom is -0.455 e. The second-order valence-corrected chi connectivity index (χ2v) is 8.62.